The van der Waals surface area contributed by atoms with Crippen LogP contribution < -0.4 is 15.8 Å². The topological polar surface area (TPSA) is 112 Å². The predicted molar refractivity (Wildman–Crippen MR) is 117 cm³/mol. The van der Waals surface area contributed by atoms with Crippen molar-refractivity contribution in [2.24, 2.45) is 16.6 Å². The molecule has 0 saturated heterocycles. The molecule has 11 heteroatoms. The third-order valence-corrected chi connectivity index (χ3v) is 5.91. The van der Waals surface area contributed by atoms with Gasteiger partial charge in [-0.1, -0.05) is 5.92 Å². The van der Waals surface area contributed by atoms with Gasteiger partial charge < -0.3 is 20.5 Å². The standard InChI is InChI=1S/C23H22F3N5O3/c1-3-4-9-33-18-12-28-16(11-29-18)20(32)30-13-5-6-15(24)14(10-13)22(2)19-17(34-21(27)31-22)7-8-23(19,25)26/h5-6,10-12,17,19H,7-9H2,1-2H3,(H2,27,31)(H,30,32)/t17?,19?,22-/m1/s1. The molecule has 0 radical (unpaired) electrons. The van der Waals surface area contributed by atoms with Gasteiger partial charge in [0.2, 0.25) is 5.88 Å². The third kappa shape index (κ3) is 4.35. The van der Waals surface area contributed by atoms with Crippen LogP contribution in [0.3, 0.4) is 0 Å². The van der Waals surface area contributed by atoms with E-state index in [9.17, 15) is 18.0 Å². The van der Waals surface area contributed by atoms with E-state index in [0.29, 0.717) is 0 Å². The zero-order valence-electron chi connectivity index (χ0n) is 18.4. The van der Waals surface area contributed by atoms with Crippen LogP contribution in [0.2, 0.25) is 0 Å². The maximum atomic E-state index is 14.9. The molecule has 4 rings (SSSR count). The molecule has 1 fully saturated rings. The van der Waals surface area contributed by atoms with Gasteiger partial charge in [0.1, 0.15) is 23.2 Å². The highest BCUT2D eigenvalue weighted by Gasteiger charge is 2.62. The quantitative estimate of drug-likeness (QED) is 0.645. The van der Waals surface area contributed by atoms with Crippen molar-refractivity contribution in [3.8, 4) is 17.7 Å². The molecule has 34 heavy (non-hydrogen) atoms. The van der Waals surface area contributed by atoms with Gasteiger partial charge in [-0.2, -0.15) is 0 Å². The summed E-state index contributed by atoms with van der Waals surface area (Å²) in [6.45, 7) is 3.20. The molecule has 2 aliphatic rings. The van der Waals surface area contributed by atoms with E-state index in [0.717, 1.165) is 6.07 Å². The molecule has 1 aliphatic carbocycles. The molecule has 1 saturated carbocycles. The summed E-state index contributed by atoms with van der Waals surface area (Å²) in [5, 5.41) is 2.58. The first kappa shape index (κ1) is 23.4. The highest BCUT2D eigenvalue weighted by atomic mass is 19.3. The van der Waals surface area contributed by atoms with Gasteiger partial charge in [0.25, 0.3) is 17.9 Å². The Balaban J connectivity index is 1.59. The summed E-state index contributed by atoms with van der Waals surface area (Å²) in [5.41, 5.74) is 4.07. The molecular weight excluding hydrogens is 451 g/mol. The molecule has 0 spiro atoms. The number of hydrogen-bond acceptors (Lipinski definition) is 7. The van der Waals surface area contributed by atoms with Gasteiger partial charge in [-0.05, 0) is 38.5 Å². The van der Waals surface area contributed by atoms with Crippen molar-refractivity contribution >= 4 is 17.6 Å². The first-order valence-corrected chi connectivity index (χ1v) is 10.5. The fourth-order valence-corrected chi connectivity index (χ4v) is 4.41. The number of rotatable bonds is 5. The first-order valence-electron chi connectivity index (χ1n) is 10.5. The summed E-state index contributed by atoms with van der Waals surface area (Å²) in [5.74, 6) is -0.353. The summed E-state index contributed by atoms with van der Waals surface area (Å²) < 4.78 is 55.0. The minimum atomic E-state index is -3.13. The molecule has 8 nitrogen and oxygen atoms in total. The summed E-state index contributed by atoms with van der Waals surface area (Å²) >= 11 is 0. The number of anilines is 1. The first-order chi connectivity index (χ1) is 16.1. The monoisotopic (exact) mass is 473 g/mol. The smallest absolute Gasteiger partial charge is 0.283 e. The maximum absolute atomic E-state index is 14.9. The molecule has 178 valence electrons. The van der Waals surface area contributed by atoms with Gasteiger partial charge in [-0.15, -0.1) is 5.92 Å². The lowest BCUT2D eigenvalue weighted by Crippen LogP contribution is -2.51. The number of aromatic nitrogens is 2. The van der Waals surface area contributed by atoms with Crippen molar-refractivity contribution in [3.05, 3.63) is 47.7 Å². The molecule has 2 heterocycles. The van der Waals surface area contributed by atoms with E-state index in [1.165, 1.54) is 31.5 Å². The van der Waals surface area contributed by atoms with Crippen molar-refractivity contribution < 1.29 is 27.4 Å². The van der Waals surface area contributed by atoms with Gasteiger partial charge in [0.05, 0.1) is 18.3 Å². The Morgan fingerprint density at radius 1 is 1.35 bits per heavy atom. The second kappa shape index (κ2) is 8.85. The number of ether oxygens (including phenoxy) is 2. The molecule has 1 aliphatic heterocycles. The summed E-state index contributed by atoms with van der Waals surface area (Å²) in [4.78, 5) is 24.7. The number of aliphatic imine (C=N–C) groups is 1. The molecule has 3 atom stereocenters. The number of alkyl halides is 2. The largest absolute Gasteiger partial charge is 0.463 e. The van der Waals surface area contributed by atoms with Crippen LogP contribution in [0.25, 0.3) is 0 Å². The number of nitrogens with two attached hydrogens (primary N) is 1. The lowest BCUT2D eigenvalue weighted by Gasteiger charge is -2.41. The van der Waals surface area contributed by atoms with E-state index in [1.807, 2.05) is 0 Å². The highest BCUT2D eigenvalue weighted by Crippen LogP contribution is 2.54. The Hall–Kier alpha value is -3.81. The zero-order chi connectivity index (χ0) is 24.5. The summed E-state index contributed by atoms with van der Waals surface area (Å²) in [6.07, 6.45) is 1.25. The number of nitrogens with one attached hydrogen (secondary N) is 1. The SMILES string of the molecule is CC#CCOc1cnc(C(=O)Nc2ccc(F)c([C@@]3(C)N=C(N)OC4CCC(F)(F)C43)c2)cn1. The fourth-order valence-electron chi connectivity index (χ4n) is 4.41. The highest BCUT2D eigenvalue weighted by molar-refractivity contribution is 6.02. The number of carbonyl (C=O) groups excluding carboxylic acids is 1. The van der Waals surface area contributed by atoms with E-state index in [1.54, 1.807) is 6.92 Å². The van der Waals surface area contributed by atoms with E-state index in [4.69, 9.17) is 15.2 Å². The molecule has 1 aromatic carbocycles. The van der Waals surface area contributed by atoms with E-state index in [2.05, 4.69) is 32.1 Å². The minimum Gasteiger partial charge on any atom is -0.463 e. The van der Waals surface area contributed by atoms with Crippen LogP contribution in [0.4, 0.5) is 18.9 Å². The van der Waals surface area contributed by atoms with Gasteiger partial charge >= 0.3 is 0 Å². The number of fused-ring (bicyclic) bond motifs is 1. The van der Waals surface area contributed by atoms with E-state index < -0.39 is 41.6 Å². The number of carbonyl (C=O) groups is 1. The average Bonchev–Trinajstić information content (AvgIpc) is 3.10. The fraction of sp³-hybridized carbons (Fsp3) is 0.391. The lowest BCUT2D eigenvalue weighted by atomic mass is 9.75. The zero-order valence-corrected chi connectivity index (χ0v) is 18.4. The summed E-state index contributed by atoms with van der Waals surface area (Å²) in [6, 6.07) is 3.38. The van der Waals surface area contributed by atoms with Crippen LogP contribution in [0.15, 0.2) is 35.6 Å². The molecule has 1 aromatic heterocycles. The van der Waals surface area contributed by atoms with Crippen LogP contribution in [-0.4, -0.2) is 40.5 Å². The van der Waals surface area contributed by atoms with Crippen LogP contribution >= 0.6 is 0 Å². The van der Waals surface area contributed by atoms with Crippen molar-refractivity contribution in [1.82, 2.24) is 9.97 Å². The average molecular weight is 473 g/mol. The van der Waals surface area contributed by atoms with Crippen molar-refractivity contribution in [2.45, 2.75) is 44.3 Å². The van der Waals surface area contributed by atoms with Crippen molar-refractivity contribution in [1.29, 1.82) is 0 Å². The molecule has 0 bridgehead atoms. The normalized spacial score (nSPS) is 24.7. The Kier molecular flexibility index (Phi) is 6.08. The number of halogens is 3. The van der Waals surface area contributed by atoms with Crippen molar-refractivity contribution in [3.63, 3.8) is 0 Å². The third-order valence-electron chi connectivity index (χ3n) is 5.91. The molecule has 2 unspecified atom stereocenters. The van der Waals surface area contributed by atoms with E-state index in [-0.39, 0.29) is 41.9 Å². The second-order valence-corrected chi connectivity index (χ2v) is 8.14. The van der Waals surface area contributed by atoms with Crippen LogP contribution in [0.5, 0.6) is 5.88 Å². The Morgan fingerprint density at radius 3 is 2.85 bits per heavy atom. The van der Waals surface area contributed by atoms with Gasteiger partial charge in [-0.25, -0.2) is 28.1 Å². The Morgan fingerprint density at radius 2 is 2.15 bits per heavy atom. The van der Waals surface area contributed by atoms with Crippen LogP contribution in [0.1, 0.15) is 42.7 Å². The maximum Gasteiger partial charge on any atom is 0.283 e. The van der Waals surface area contributed by atoms with Crippen molar-refractivity contribution in [2.75, 3.05) is 11.9 Å². The number of amidine groups is 1. The van der Waals surface area contributed by atoms with Crippen LogP contribution in [-0.2, 0) is 10.3 Å². The number of hydrogen-bond donors (Lipinski definition) is 2. The van der Waals surface area contributed by atoms with Crippen LogP contribution in [0, 0.1) is 23.6 Å². The number of benzene rings is 1. The number of nitrogens with zero attached hydrogens (tertiary/aromatic N) is 3. The van der Waals surface area contributed by atoms with Gasteiger partial charge in [-0.3, -0.25) is 4.79 Å². The Bertz CT molecular complexity index is 1190. The Labute approximate surface area is 193 Å². The molecule has 2 aromatic rings. The van der Waals surface area contributed by atoms with Gasteiger partial charge in [0.15, 0.2) is 6.61 Å². The second-order valence-electron chi connectivity index (χ2n) is 8.14. The number of amides is 1. The van der Waals surface area contributed by atoms with E-state index >= 15 is 0 Å². The lowest BCUT2D eigenvalue weighted by molar-refractivity contribution is -0.0961. The molecule has 1 amide bonds. The predicted octanol–water partition coefficient (Wildman–Crippen LogP) is 3.24. The minimum absolute atomic E-state index is 0.0262. The summed E-state index contributed by atoms with van der Waals surface area (Å²) in [7, 11) is 0. The van der Waals surface area contributed by atoms with Gasteiger partial charge in [0, 0.05) is 17.7 Å². The molecular formula is C23H22F3N5O3. The molecule has 3 N–H and O–H groups in total.